The third kappa shape index (κ3) is 6.56. The van der Waals surface area contributed by atoms with Crippen LogP contribution in [0.1, 0.15) is 28.7 Å². The van der Waals surface area contributed by atoms with Crippen molar-refractivity contribution in [2.24, 2.45) is 0 Å². The minimum absolute atomic E-state index is 0.140. The van der Waals surface area contributed by atoms with Crippen molar-refractivity contribution in [3.05, 3.63) is 283 Å². The summed E-state index contributed by atoms with van der Waals surface area (Å²) in [7, 11) is 0. The Hall–Kier alpha value is -8.98. The molecule has 12 aromatic rings. The average molecular weight is 906 g/mol. The van der Waals surface area contributed by atoms with Crippen LogP contribution in [0.2, 0.25) is 0 Å². The molecular weight excluding hydrogens is 859 g/mol. The van der Waals surface area contributed by atoms with Crippen molar-refractivity contribution < 1.29 is 4.42 Å². The quantitative estimate of drug-likeness (QED) is 0.151. The van der Waals surface area contributed by atoms with E-state index in [1.54, 1.807) is 0 Å². The van der Waals surface area contributed by atoms with Crippen molar-refractivity contribution in [2.75, 3.05) is 4.90 Å². The predicted molar refractivity (Wildman–Crippen MR) is 296 cm³/mol. The zero-order valence-electron chi connectivity index (χ0n) is 39.1. The van der Waals surface area contributed by atoms with Gasteiger partial charge in [-0.3, -0.25) is 0 Å². The van der Waals surface area contributed by atoms with Gasteiger partial charge in [0.05, 0.1) is 5.69 Å². The minimum atomic E-state index is -0.140. The van der Waals surface area contributed by atoms with E-state index in [0.29, 0.717) is 0 Å². The van der Waals surface area contributed by atoms with Gasteiger partial charge in [0.25, 0.3) is 0 Å². The average Bonchev–Trinajstić information content (AvgIpc) is 4.12. The van der Waals surface area contributed by atoms with Gasteiger partial charge in [-0.05, 0) is 145 Å². The normalized spacial score (nSPS) is 14.4. The number of nitrogens with zero attached hydrogens (tertiary/aromatic N) is 1. The first-order valence-corrected chi connectivity index (χ1v) is 24.8. The first-order chi connectivity index (χ1) is 35.2. The van der Waals surface area contributed by atoms with E-state index in [4.69, 9.17) is 4.42 Å². The Bertz CT molecular complexity index is 3990. The topological polar surface area (TPSA) is 16.4 Å². The molecule has 2 aliphatic rings. The van der Waals surface area contributed by atoms with Crippen LogP contribution in [0.15, 0.2) is 265 Å². The lowest BCUT2D eigenvalue weighted by Crippen LogP contribution is -2.23. The molecule has 1 atom stereocenters. The summed E-state index contributed by atoms with van der Waals surface area (Å²) in [5, 5.41) is 2.26. The maximum Gasteiger partial charge on any atom is 0.136 e. The number of furan rings is 1. The maximum atomic E-state index is 6.33. The molecule has 1 unspecified atom stereocenters. The Kier molecular flexibility index (Phi) is 9.60. The van der Waals surface area contributed by atoms with Crippen molar-refractivity contribution in [3.63, 3.8) is 0 Å². The van der Waals surface area contributed by atoms with E-state index in [-0.39, 0.29) is 5.41 Å². The van der Waals surface area contributed by atoms with Crippen molar-refractivity contribution in [3.8, 4) is 66.8 Å². The highest BCUT2D eigenvalue weighted by molar-refractivity contribution is 6.12. The fourth-order valence-corrected chi connectivity index (χ4v) is 12.2. The molecule has 0 aliphatic heterocycles. The van der Waals surface area contributed by atoms with Crippen LogP contribution in [0, 0.1) is 0 Å². The summed E-state index contributed by atoms with van der Waals surface area (Å²) in [4.78, 5) is 2.43. The van der Waals surface area contributed by atoms with Gasteiger partial charge in [0.2, 0.25) is 0 Å². The molecule has 2 aliphatic carbocycles. The van der Waals surface area contributed by atoms with Gasteiger partial charge in [-0.1, -0.05) is 212 Å². The molecular formula is C69H47NO. The molecule has 334 valence electrons. The van der Waals surface area contributed by atoms with Gasteiger partial charge in [0.15, 0.2) is 0 Å². The van der Waals surface area contributed by atoms with Crippen LogP contribution in [0.3, 0.4) is 0 Å². The van der Waals surface area contributed by atoms with Crippen LogP contribution >= 0.6 is 0 Å². The molecule has 0 amide bonds. The molecule has 2 heteroatoms. The second kappa shape index (κ2) is 16.6. The lowest BCUT2D eigenvalue weighted by molar-refractivity contribution is 0.626. The van der Waals surface area contributed by atoms with E-state index in [2.05, 4.69) is 260 Å². The van der Waals surface area contributed by atoms with Gasteiger partial charge in [0.1, 0.15) is 11.2 Å². The fraction of sp³-hybridized carbons (Fsp3) is 0.0435. The molecule has 1 spiro atoms. The lowest BCUT2D eigenvalue weighted by atomic mass is 9.73. The third-order valence-electron chi connectivity index (χ3n) is 15.4. The first-order valence-electron chi connectivity index (χ1n) is 24.8. The standard InChI is InChI=1S/C69H47NO/c1-2-17-47(18-3-1)53-20-5-6-21-55(53)56-22-7-8-23-57(56)60-25-10-14-30-65(60)70(52-40-35-48(36-41-52)54-27-16-32-67-68(54)61-26-11-15-31-66(61)71-67)51-38-33-46(34-39-51)50-37-42-59-58-24-9-13-29-63(58)69(64(59)45-50)44-43-49-19-4-12-28-62(49)69/h1-42,45H,43-44H2. The Morgan fingerprint density at radius 2 is 0.845 bits per heavy atom. The third-order valence-corrected chi connectivity index (χ3v) is 15.4. The number of aryl methyl sites for hydroxylation is 1. The Morgan fingerprint density at radius 1 is 0.324 bits per heavy atom. The molecule has 0 N–H and O–H groups in total. The summed E-state index contributed by atoms with van der Waals surface area (Å²) in [6, 6.07) is 95.7. The van der Waals surface area contributed by atoms with E-state index in [1.165, 1.54) is 72.3 Å². The Labute approximate surface area is 414 Å². The second-order valence-corrected chi connectivity index (χ2v) is 19.0. The minimum Gasteiger partial charge on any atom is -0.456 e. The van der Waals surface area contributed by atoms with E-state index in [9.17, 15) is 0 Å². The maximum absolute atomic E-state index is 6.33. The SMILES string of the molecule is c1ccc(-c2ccccc2-c2ccccc2-c2ccccc2N(c2ccc(-c3ccc4c(c3)C3(CCc5ccccc53)c3ccccc3-4)cc2)c2ccc(-c3cccc4oc5ccccc5c34)cc2)cc1. The molecule has 1 heterocycles. The van der Waals surface area contributed by atoms with Crippen molar-refractivity contribution in [2.45, 2.75) is 18.3 Å². The van der Waals surface area contributed by atoms with Crippen LogP contribution in [-0.2, 0) is 11.8 Å². The molecule has 11 aromatic carbocycles. The molecule has 2 nitrogen and oxygen atoms in total. The summed E-state index contributed by atoms with van der Waals surface area (Å²) in [5.74, 6) is 0. The first kappa shape index (κ1) is 41.0. The molecule has 0 bridgehead atoms. The predicted octanol–water partition coefficient (Wildman–Crippen LogP) is 18.7. The molecule has 0 saturated carbocycles. The van der Waals surface area contributed by atoms with Gasteiger partial charge in [-0.25, -0.2) is 0 Å². The van der Waals surface area contributed by atoms with Gasteiger partial charge in [0, 0.05) is 33.1 Å². The smallest absolute Gasteiger partial charge is 0.136 e. The van der Waals surface area contributed by atoms with E-state index >= 15 is 0 Å². The number of benzene rings is 11. The number of para-hydroxylation sites is 2. The number of hydrogen-bond donors (Lipinski definition) is 0. The van der Waals surface area contributed by atoms with Gasteiger partial charge in [-0.15, -0.1) is 0 Å². The molecule has 14 rings (SSSR count). The Balaban J connectivity index is 0.908. The highest BCUT2D eigenvalue weighted by atomic mass is 16.3. The summed E-state index contributed by atoms with van der Waals surface area (Å²) in [6.45, 7) is 0. The van der Waals surface area contributed by atoms with Crippen molar-refractivity contribution in [1.29, 1.82) is 0 Å². The zero-order valence-corrected chi connectivity index (χ0v) is 39.1. The molecule has 1 aromatic heterocycles. The highest BCUT2D eigenvalue weighted by Crippen LogP contribution is 2.59. The zero-order chi connectivity index (χ0) is 46.9. The largest absolute Gasteiger partial charge is 0.456 e. The molecule has 71 heavy (non-hydrogen) atoms. The van der Waals surface area contributed by atoms with Crippen LogP contribution in [0.5, 0.6) is 0 Å². The monoisotopic (exact) mass is 905 g/mol. The molecule has 0 fully saturated rings. The van der Waals surface area contributed by atoms with E-state index < -0.39 is 0 Å². The second-order valence-electron chi connectivity index (χ2n) is 19.0. The van der Waals surface area contributed by atoms with E-state index in [1.807, 2.05) is 6.07 Å². The molecule has 0 saturated heterocycles. The van der Waals surface area contributed by atoms with Gasteiger partial charge < -0.3 is 9.32 Å². The van der Waals surface area contributed by atoms with Gasteiger partial charge in [-0.2, -0.15) is 0 Å². The van der Waals surface area contributed by atoms with Gasteiger partial charge >= 0.3 is 0 Å². The lowest BCUT2D eigenvalue weighted by Gasteiger charge is -2.29. The summed E-state index contributed by atoms with van der Waals surface area (Å²) < 4.78 is 6.33. The highest BCUT2D eigenvalue weighted by Gasteiger charge is 2.48. The number of hydrogen-bond acceptors (Lipinski definition) is 2. The summed E-state index contributed by atoms with van der Waals surface area (Å²) in [5.41, 5.74) is 25.2. The fourth-order valence-electron chi connectivity index (χ4n) is 12.2. The summed E-state index contributed by atoms with van der Waals surface area (Å²) >= 11 is 0. The number of rotatable bonds is 8. The number of anilines is 3. The van der Waals surface area contributed by atoms with Crippen LogP contribution in [-0.4, -0.2) is 0 Å². The van der Waals surface area contributed by atoms with Crippen LogP contribution in [0.4, 0.5) is 17.1 Å². The summed E-state index contributed by atoms with van der Waals surface area (Å²) in [6.07, 6.45) is 2.17. The number of fused-ring (bicyclic) bond motifs is 10. The van der Waals surface area contributed by atoms with Crippen molar-refractivity contribution >= 4 is 39.0 Å². The van der Waals surface area contributed by atoms with Crippen LogP contribution < -0.4 is 4.90 Å². The van der Waals surface area contributed by atoms with Crippen molar-refractivity contribution in [1.82, 2.24) is 0 Å². The molecule has 0 radical (unpaired) electrons. The van der Waals surface area contributed by atoms with E-state index in [0.717, 1.165) is 68.5 Å². The van der Waals surface area contributed by atoms with Crippen LogP contribution in [0.25, 0.3) is 88.7 Å². The Morgan fingerprint density at radius 3 is 1.62 bits per heavy atom.